The fraction of sp³-hybridized carbons (Fsp3) is 0.316. The van der Waals surface area contributed by atoms with E-state index in [0.29, 0.717) is 6.42 Å². The van der Waals surface area contributed by atoms with Gasteiger partial charge in [0.25, 0.3) is 0 Å². The number of aryl methyl sites for hydroxylation is 1. The van der Waals surface area contributed by atoms with Crippen LogP contribution in [0.2, 0.25) is 0 Å². The Morgan fingerprint density at radius 2 is 1.86 bits per heavy atom. The van der Waals surface area contributed by atoms with Gasteiger partial charge in [-0.1, -0.05) is 29.8 Å². The maximum atomic E-state index is 11.8. The van der Waals surface area contributed by atoms with Crippen LogP contribution in [0.4, 0.5) is 0 Å². The van der Waals surface area contributed by atoms with Crippen LogP contribution in [0.15, 0.2) is 42.5 Å². The zero-order chi connectivity index (χ0) is 16.2. The van der Waals surface area contributed by atoms with Crippen LogP contribution in [0.25, 0.3) is 0 Å². The minimum absolute atomic E-state index is 0.556. The van der Waals surface area contributed by atoms with Gasteiger partial charge in [0, 0.05) is 0 Å². The maximum Gasteiger partial charge on any atom is 0.130 e. The lowest BCUT2D eigenvalue weighted by molar-refractivity contribution is -0.112. The van der Waals surface area contributed by atoms with Gasteiger partial charge in [-0.25, -0.2) is 0 Å². The predicted octanol–water partition coefficient (Wildman–Crippen LogP) is 3.71. The van der Waals surface area contributed by atoms with Crippen molar-refractivity contribution < 1.29 is 14.3 Å². The number of carbonyl (C=O) groups excluding carboxylic acids is 1. The van der Waals surface area contributed by atoms with E-state index in [1.807, 2.05) is 50.2 Å². The zero-order valence-corrected chi connectivity index (χ0v) is 13.6. The van der Waals surface area contributed by atoms with Crippen LogP contribution in [0, 0.1) is 6.92 Å². The summed E-state index contributed by atoms with van der Waals surface area (Å²) < 4.78 is 10.7. The molecule has 1 unspecified atom stereocenters. The van der Waals surface area contributed by atoms with Gasteiger partial charge in [-0.15, -0.1) is 0 Å². The third-order valence-electron chi connectivity index (χ3n) is 3.98. The Hall–Kier alpha value is -2.29. The average Bonchev–Trinajstić information content (AvgIpc) is 2.54. The summed E-state index contributed by atoms with van der Waals surface area (Å²) in [7, 11) is 3.27. The van der Waals surface area contributed by atoms with E-state index in [1.54, 1.807) is 14.2 Å². The molecule has 0 aliphatic carbocycles. The molecule has 0 saturated carbocycles. The van der Waals surface area contributed by atoms with Gasteiger partial charge in [-0.2, -0.15) is 0 Å². The minimum atomic E-state index is -0.605. The summed E-state index contributed by atoms with van der Waals surface area (Å²) in [4.78, 5) is 11.8. The van der Waals surface area contributed by atoms with Crippen LogP contribution >= 0.6 is 0 Å². The van der Waals surface area contributed by atoms with Crippen molar-refractivity contribution in [1.29, 1.82) is 0 Å². The van der Waals surface area contributed by atoms with Gasteiger partial charge < -0.3 is 14.3 Å². The lowest BCUT2D eigenvalue weighted by atomic mass is 9.78. The van der Waals surface area contributed by atoms with Crippen molar-refractivity contribution in [3.63, 3.8) is 0 Å². The second-order valence-electron chi connectivity index (χ2n) is 5.76. The highest BCUT2D eigenvalue weighted by Crippen LogP contribution is 2.32. The molecule has 0 amide bonds. The molecule has 0 radical (unpaired) electrons. The molecule has 2 aromatic carbocycles. The number of methoxy groups -OCH3 is 2. The van der Waals surface area contributed by atoms with E-state index < -0.39 is 5.41 Å². The largest absolute Gasteiger partial charge is 0.497 e. The fourth-order valence-corrected chi connectivity index (χ4v) is 2.63. The summed E-state index contributed by atoms with van der Waals surface area (Å²) in [6.07, 6.45) is 1.57. The van der Waals surface area contributed by atoms with Crippen LogP contribution in [0.3, 0.4) is 0 Å². The first-order valence-corrected chi connectivity index (χ1v) is 7.27. The van der Waals surface area contributed by atoms with Crippen molar-refractivity contribution in [2.75, 3.05) is 14.2 Å². The SMILES string of the molecule is COc1ccc(OC)c(CC(C)(C=O)c2cccc(C)c2)c1. The first-order chi connectivity index (χ1) is 10.5. The quantitative estimate of drug-likeness (QED) is 0.763. The predicted molar refractivity (Wildman–Crippen MR) is 87.8 cm³/mol. The topological polar surface area (TPSA) is 35.5 Å². The second kappa shape index (κ2) is 6.65. The Bertz CT molecular complexity index is 663. The molecule has 0 saturated heterocycles. The number of hydrogen-bond acceptors (Lipinski definition) is 3. The molecule has 116 valence electrons. The summed E-state index contributed by atoms with van der Waals surface area (Å²) in [6.45, 7) is 3.98. The molecule has 0 heterocycles. The van der Waals surface area contributed by atoms with Crippen molar-refractivity contribution in [3.05, 3.63) is 59.2 Å². The molecule has 0 aromatic heterocycles. The molecule has 0 aliphatic rings. The lowest BCUT2D eigenvalue weighted by Crippen LogP contribution is -2.27. The van der Waals surface area contributed by atoms with Crippen molar-refractivity contribution in [2.45, 2.75) is 25.7 Å². The van der Waals surface area contributed by atoms with Crippen LogP contribution < -0.4 is 9.47 Å². The lowest BCUT2D eigenvalue weighted by Gasteiger charge is -2.25. The van der Waals surface area contributed by atoms with E-state index in [1.165, 1.54) is 0 Å². The van der Waals surface area contributed by atoms with Crippen molar-refractivity contribution >= 4 is 6.29 Å². The number of ether oxygens (including phenoxy) is 2. The highest BCUT2D eigenvalue weighted by molar-refractivity contribution is 5.69. The monoisotopic (exact) mass is 298 g/mol. The van der Waals surface area contributed by atoms with E-state index in [9.17, 15) is 4.79 Å². The Kier molecular flexibility index (Phi) is 4.86. The van der Waals surface area contributed by atoms with Gasteiger partial charge in [0.1, 0.15) is 17.8 Å². The normalized spacial score (nSPS) is 13.3. The Morgan fingerprint density at radius 1 is 1.09 bits per heavy atom. The molecule has 3 heteroatoms. The van der Waals surface area contributed by atoms with E-state index in [0.717, 1.165) is 34.5 Å². The van der Waals surface area contributed by atoms with Crippen LogP contribution in [0.5, 0.6) is 11.5 Å². The fourth-order valence-electron chi connectivity index (χ4n) is 2.63. The molecule has 2 rings (SSSR count). The molecule has 0 N–H and O–H groups in total. The highest BCUT2D eigenvalue weighted by atomic mass is 16.5. The Morgan fingerprint density at radius 3 is 2.45 bits per heavy atom. The van der Waals surface area contributed by atoms with E-state index >= 15 is 0 Å². The van der Waals surface area contributed by atoms with Crippen molar-refractivity contribution in [3.8, 4) is 11.5 Å². The summed E-state index contributed by atoms with van der Waals surface area (Å²) in [5.74, 6) is 1.52. The molecule has 3 nitrogen and oxygen atoms in total. The molecule has 0 fully saturated rings. The Balaban J connectivity index is 2.43. The second-order valence-corrected chi connectivity index (χ2v) is 5.76. The molecular formula is C19H22O3. The molecule has 0 spiro atoms. The summed E-state index contributed by atoms with van der Waals surface area (Å²) in [5, 5.41) is 0. The standard InChI is InChI=1S/C19H22O3/c1-14-6-5-7-16(10-14)19(2,13-20)12-15-11-17(21-3)8-9-18(15)22-4/h5-11,13H,12H2,1-4H3. The van der Waals surface area contributed by atoms with Crippen LogP contribution in [0.1, 0.15) is 23.6 Å². The summed E-state index contributed by atoms with van der Waals surface area (Å²) in [6, 6.07) is 13.7. The third-order valence-corrected chi connectivity index (χ3v) is 3.98. The summed E-state index contributed by atoms with van der Waals surface area (Å²) >= 11 is 0. The smallest absolute Gasteiger partial charge is 0.130 e. The molecule has 2 aromatic rings. The average molecular weight is 298 g/mol. The van der Waals surface area contributed by atoms with Gasteiger partial charge in [0.05, 0.1) is 19.6 Å². The van der Waals surface area contributed by atoms with E-state index in [4.69, 9.17) is 9.47 Å². The number of aldehydes is 1. The molecule has 0 bridgehead atoms. The first-order valence-electron chi connectivity index (χ1n) is 7.27. The van der Waals surface area contributed by atoms with Crippen LogP contribution in [-0.4, -0.2) is 20.5 Å². The van der Waals surface area contributed by atoms with Gasteiger partial charge >= 0.3 is 0 Å². The zero-order valence-electron chi connectivity index (χ0n) is 13.6. The minimum Gasteiger partial charge on any atom is -0.497 e. The summed E-state index contributed by atoms with van der Waals surface area (Å²) in [5.41, 5.74) is 2.50. The maximum absolute atomic E-state index is 11.8. The number of carbonyl (C=O) groups is 1. The van der Waals surface area contributed by atoms with Crippen LogP contribution in [-0.2, 0) is 16.6 Å². The van der Waals surface area contributed by atoms with E-state index in [-0.39, 0.29) is 0 Å². The van der Waals surface area contributed by atoms with Gasteiger partial charge in [0.15, 0.2) is 0 Å². The number of hydrogen-bond donors (Lipinski definition) is 0. The van der Waals surface area contributed by atoms with Crippen molar-refractivity contribution in [2.24, 2.45) is 0 Å². The number of rotatable bonds is 6. The van der Waals surface area contributed by atoms with Gasteiger partial charge in [0.2, 0.25) is 0 Å². The molecule has 22 heavy (non-hydrogen) atoms. The van der Waals surface area contributed by atoms with E-state index in [2.05, 4.69) is 6.07 Å². The number of benzene rings is 2. The molecule has 0 aliphatic heterocycles. The third kappa shape index (κ3) is 3.30. The van der Waals surface area contributed by atoms with Gasteiger partial charge in [-0.05, 0) is 49.6 Å². The highest BCUT2D eigenvalue weighted by Gasteiger charge is 2.28. The Labute approximate surface area is 131 Å². The molecule has 1 atom stereocenters. The molecular weight excluding hydrogens is 276 g/mol. The van der Waals surface area contributed by atoms with Crippen molar-refractivity contribution in [1.82, 2.24) is 0 Å². The first kappa shape index (κ1) is 16.1. The van der Waals surface area contributed by atoms with Gasteiger partial charge in [-0.3, -0.25) is 0 Å².